The fourth-order valence-corrected chi connectivity index (χ4v) is 3.38. The molecule has 0 saturated heterocycles. The van der Waals surface area contributed by atoms with Crippen molar-refractivity contribution < 1.29 is 19.0 Å². The average Bonchev–Trinajstić information content (AvgIpc) is 3.14. The predicted molar refractivity (Wildman–Crippen MR) is 102 cm³/mol. The molecule has 0 bridgehead atoms. The van der Waals surface area contributed by atoms with E-state index in [9.17, 15) is 4.79 Å². The number of nitrogens with one attached hydrogen (secondary N) is 1. The zero-order valence-electron chi connectivity index (χ0n) is 13.8. The summed E-state index contributed by atoms with van der Waals surface area (Å²) in [6.45, 7) is 0.582. The lowest BCUT2D eigenvalue weighted by atomic mass is 10.1. The molecule has 3 aromatic carbocycles. The number of hydrogen-bond donors (Lipinski definition) is 1. The summed E-state index contributed by atoms with van der Waals surface area (Å²) in [6.07, 6.45) is 0. The second-order valence-electron chi connectivity index (χ2n) is 5.85. The Hall–Kier alpha value is -2.73. The third-order valence-electron chi connectivity index (χ3n) is 4.11. The Kier molecular flexibility index (Phi) is 4.67. The molecule has 132 valence electrons. The highest BCUT2D eigenvalue weighted by Crippen LogP contribution is 2.33. The molecule has 1 amide bonds. The molecule has 0 aromatic heterocycles. The van der Waals surface area contributed by atoms with Crippen molar-refractivity contribution in [2.45, 2.75) is 6.54 Å². The van der Waals surface area contributed by atoms with Crippen molar-refractivity contribution in [3.63, 3.8) is 0 Å². The summed E-state index contributed by atoms with van der Waals surface area (Å²) in [6, 6.07) is 17.4. The van der Waals surface area contributed by atoms with E-state index in [1.165, 1.54) is 0 Å². The lowest BCUT2D eigenvalue weighted by Gasteiger charge is -2.11. The molecule has 5 nitrogen and oxygen atoms in total. The number of carbonyl (C=O) groups excluding carboxylic acids is 1. The van der Waals surface area contributed by atoms with Gasteiger partial charge in [0.1, 0.15) is 5.75 Å². The lowest BCUT2D eigenvalue weighted by molar-refractivity contribution is -0.123. The van der Waals surface area contributed by atoms with Crippen LogP contribution in [0.4, 0.5) is 0 Å². The Balaban J connectivity index is 1.35. The standard InChI is InChI=1S/C20H16BrNO4/c21-20-15-4-2-1-3-14(15)6-8-17(20)24-11-19(23)22-10-13-5-7-16-18(9-13)26-12-25-16/h1-9H,10-12H2,(H,22,23). The minimum Gasteiger partial charge on any atom is -0.483 e. The van der Waals surface area contributed by atoms with Crippen LogP contribution in [0.1, 0.15) is 5.56 Å². The largest absolute Gasteiger partial charge is 0.483 e. The first-order valence-corrected chi connectivity index (χ1v) is 8.95. The summed E-state index contributed by atoms with van der Waals surface area (Å²) in [4.78, 5) is 12.1. The first-order valence-electron chi connectivity index (χ1n) is 8.16. The van der Waals surface area contributed by atoms with Crippen molar-refractivity contribution in [1.29, 1.82) is 0 Å². The summed E-state index contributed by atoms with van der Waals surface area (Å²) < 4.78 is 17.1. The zero-order chi connectivity index (χ0) is 17.9. The molecule has 1 heterocycles. The van der Waals surface area contributed by atoms with Gasteiger partial charge in [-0.2, -0.15) is 0 Å². The van der Waals surface area contributed by atoms with Gasteiger partial charge in [-0.15, -0.1) is 0 Å². The summed E-state index contributed by atoms with van der Waals surface area (Å²) >= 11 is 3.55. The Morgan fingerprint density at radius 1 is 1.08 bits per heavy atom. The van der Waals surface area contributed by atoms with E-state index < -0.39 is 0 Å². The van der Waals surface area contributed by atoms with Crippen molar-refractivity contribution in [1.82, 2.24) is 5.32 Å². The van der Waals surface area contributed by atoms with Gasteiger partial charge in [-0.3, -0.25) is 4.79 Å². The Morgan fingerprint density at radius 2 is 1.92 bits per heavy atom. The van der Waals surface area contributed by atoms with Crippen LogP contribution in [0.15, 0.2) is 59.1 Å². The van der Waals surface area contributed by atoms with Crippen molar-refractivity contribution in [2.75, 3.05) is 13.4 Å². The second-order valence-corrected chi connectivity index (χ2v) is 6.64. The lowest BCUT2D eigenvalue weighted by Crippen LogP contribution is -2.28. The zero-order valence-corrected chi connectivity index (χ0v) is 15.4. The van der Waals surface area contributed by atoms with Gasteiger partial charge in [-0.1, -0.05) is 36.4 Å². The van der Waals surface area contributed by atoms with Crippen molar-refractivity contribution in [3.8, 4) is 17.2 Å². The predicted octanol–water partition coefficient (Wildman–Crippen LogP) is 4.03. The van der Waals surface area contributed by atoms with Crippen LogP contribution in [0.2, 0.25) is 0 Å². The summed E-state index contributed by atoms with van der Waals surface area (Å²) in [7, 11) is 0. The maximum Gasteiger partial charge on any atom is 0.258 e. The number of fused-ring (bicyclic) bond motifs is 2. The highest BCUT2D eigenvalue weighted by atomic mass is 79.9. The summed E-state index contributed by atoms with van der Waals surface area (Å²) in [5.41, 5.74) is 0.939. The molecule has 1 aliphatic rings. The van der Waals surface area contributed by atoms with Crippen molar-refractivity contribution in [2.24, 2.45) is 0 Å². The topological polar surface area (TPSA) is 56.8 Å². The van der Waals surface area contributed by atoms with Crippen LogP contribution in [-0.2, 0) is 11.3 Å². The van der Waals surface area contributed by atoms with Gasteiger partial charge in [-0.25, -0.2) is 0 Å². The van der Waals surface area contributed by atoms with E-state index in [0.717, 1.165) is 26.6 Å². The van der Waals surface area contributed by atoms with Gasteiger partial charge in [0, 0.05) is 6.54 Å². The fraction of sp³-hybridized carbons (Fsp3) is 0.150. The van der Waals surface area contributed by atoms with Crippen LogP contribution in [0.3, 0.4) is 0 Å². The van der Waals surface area contributed by atoms with E-state index in [2.05, 4.69) is 21.2 Å². The fourth-order valence-electron chi connectivity index (χ4n) is 2.77. The molecule has 4 rings (SSSR count). The quantitative estimate of drug-likeness (QED) is 0.685. The van der Waals surface area contributed by atoms with Crippen LogP contribution in [0.5, 0.6) is 17.2 Å². The monoisotopic (exact) mass is 413 g/mol. The third kappa shape index (κ3) is 3.46. The van der Waals surface area contributed by atoms with Crippen LogP contribution in [0.25, 0.3) is 10.8 Å². The third-order valence-corrected chi connectivity index (χ3v) is 4.93. The number of ether oxygens (including phenoxy) is 3. The number of halogens is 1. The molecule has 0 aliphatic carbocycles. The summed E-state index contributed by atoms with van der Waals surface area (Å²) in [5.74, 6) is 1.88. The van der Waals surface area contributed by atoms with Gasteiger partial charge in [-0.05, 0) is 50.5 Å². The first-order chi connectivity index (χ1) is 12.7. The van der Waals surface area contributed by atoms with E-state index in [4.69, 9.17) is 14.2 Å². The second kappa shape index (κ2) is 7.25. The first kappa shape index (κ1) is 16.7. The molecule has 1 N–H and O–H groups in total. The molecule has 0 unspecified atom stereocenters. The molecule has 6 heteroatoms. The highest BCUT2D eigenvalue weighted by molar-refractivity contribution is 9.10. The van der Waals surface area contributed by atoms with E-state index in [-0.39, 0.29) is 19.3 Å². The smallest absolute Gasteiger partial charge is 0.258 e. The van der Waals surface area contributed by atoms with Gasteiger partial charge < -0.3 is 19.5 Å². The van der Waals surface area contributed by atoms with E-state index in [0.29, 0.717) is 18.0 Å². The molecular weight excluding hydrogens is 398 g/mol. The Labute approximate surface area is 159 Å². The number of amides is 1. The van der Waals surface area contributed by atoms with Gasteiger partial charge >= 0.3 is 0 Å². The van der Waals surface area contributed by atoms with Crippen molar-refractivity contribution >= 4 is 32.6 Å². The molecule has 1 aliphatic heterocycles. The van der Waals surface area contributed by atoms with Crippen LogP contribution in [0, 0.1) is 0 Å². The SMILES string of the molecule is O=C(COc1ccc2ccccc2c1Br)NCc1ccc2c(c1)OCO2. The van der Waals surface area contributed by atoms with Gasteiger partial charge in [0.15, 0.2) is 18.1 Å². The minimum absolute atomic E-state index is 0.0541. The Bertz CT molecular complexity index is 973. The van der Waals surface area contributed by atoms with E-state index in [1.807, 2.05) is 54.6 Å². The molecule has 0 fully saturated rings. The summed E-state index contributed by atoms with van der Waals surface area (Å²) in [5, 5.41) is 5.00. The molecule has 0 atom stereocenters. The maximum absolute atomic E-state index is 12.1. The number of rotatable bonds is 5. The molecule has 0 radical (unpaired) electrons. The van der Waals surface area contributed by atoms with Crippen LogP contribution in [-0.4, -0.2) is 19.3 Å². The molecule has 0 spiro atoms. The number of carbonyl (C=O) groups is 1. The number of hydrogen-bond acceptors (Lipinski definition) is 4. The average molecular weight is 414 g/mol. The minimum atomic E-state index is -0.192. The number of benzene rings is 3. The van der Waals surface area contributed by atoms with E-state index in [1.54, 1.807) is 0 Å². The van der Waals surface area contributed by atoms with Gasteiger partial charge in [0.05, 0.1) is 4.47 Å². The van der Waals surface area contributed by atoms with E-state index >= 15 is 0 Å². The van der Waals surface area contributed by atoms with Gasteiger partial charge in [0.25, 0.3) is 5.91 Å². The van der Waals surface area contributed by atoms with Gasteiger partial charge in [0.2, 0.25) is 6.79 Å². The molecular formula is C20H16BrNO4. The Morgan fingerprint density at radius 3 is 2.85 bits per heavy atom. The van der Waals surface area contributed by atoms with Crippen molar-refractivity contribution in [3.05, 3.63) is 64.6 Å². The highest BCUT2D eigenvalue weighted by Gasteiger charge is 2.14. The molecule has 26 heavy (non-hydrogen) atoms. The van der Waals surface area contributed by atoms with Crippen LogP contribution >= 0.6 is 15.9 Å². The van der Waals surface area contributed by atoms with Crippen LogP contribution < -0.4 is 19.5 Å². The molecule has 3 aromatic rings. The maximum atomic E-state index is 12.1. The molecule has 0 saturated carbocycles. The normalized spacial score (nSPS) is 12.2.